The first-order valence-electron chi connectivity index (χ1n) is 11.7. The Kier molecular flexibility index (Phi) is 8.77. The van der Waals surface area contributed by atoms with Gasteiger partial charge in [0.15, 0.2) is 23.6 Å². The predicted octanol–water partition coefficient (Wildman–Crippen LogP) is 5.23. The summed E-state index contributed by atoms with van der Waals surface area (Å²) in [6.07, 6.45) is 1.48. The zero-order chi connectivity index (χ0) is 27.1. The summed E-state index contributed by atoms with van der Waals surface area (Å²) in [5.41, 5.74) is 2.56. The molecule has 0 amide bonds. The Morgan fingerprint density at radius 1 is 1.08 bits per heavy atom. The summed E-state index contributed by atoms with van der Waals surface area (Å²) in [4.78, 5) is 21.7. The standard InChI is InChI=1S/C28H26F2N2O6/c1-17-7-6-12-31-24(17)25(33)21(27(34)35-2)14-20-16-37-26(32-20)19-10-11-22(38-28(29)30)23(13-19)36-15-18-8-4-3-5-9-18/h3-13,16,21,27-28,34H,14-15H2,1-2H3. The summed E-state index contributed by atoms with van der Waals surface area (Å²) >= 11 is 0. The molecule has 0 aliphatic carbocycles. The number of ketones is 1. The van der Waals surface area contributed by atoms with E-state index in [4.69, 9.17) is 13.9 Å². The first-order chi connectivity index (χ1) is 18.4. The molecular weight excluding hydrogens is 498 g/mol. The SMILES string of the molecule is COC(O)C(Cc1coc(-c2ccc(OC(F)F)c(OCc3ccccc3)c2)n1)C(=O)c1ncccc1C. The van der Waals surface area contributed by atoms with E-state index in [0.717, 1.165) is 5.56 Å². The molecule has 0 fully saturated rings. The molecule has 0 spiro atoms. The molecule has 2 atom stereocenters. The second-order valence-corrected chi connectivity index (χ2v) is 8.43. The Morgan fingerprint density at radius 3 is 2.58 bits per heavy atom. The van der Waals surface area contributed by atoms with E-state index in [1.54, 1.807) is 19.1 Å². The van der Waals surface area contributed by atoms with Crippen LogP contribution in [-0.2, 0) is 17.8 Å². The van der Waals surface area contributed by atoms with Crippen molar-refractivity contribution in [3.05, 3.63) is 95.6 Å². The molecule has 0 saturated carbocycles. The zero-order valence-electron chi connectivity index (χ0n) is 20.7. The Morgan fingerprint density at radius 2 is 1.87 bits per heavy atom. The highest BCUT2D eigenvalue weighted by Crippen LogP contribution is 2.34. The van der Waals surface area contributed by atoms with E-state index in [2.05, 4.69) is 14.7 Å². The largest absolute Gasteiger partial charge is 0.485 e. The summed E-state index contributed by atoms with van der Waals surface area (Å²) in [5, 5.41) is 10.4. The molecule has 0 aliphatic rings. The maximum Gasteiger partial charge on any atom is 0.387 e. The fraction of sp³-hybridized carbons (Fsp3) is 0.250. The number of ether oxygens (including phenoxy) is 3. The highest BCUT2D eigenvalue weighted by Gasteiger charge is 2.31. The molecule has 0 radical (unpaired) electrons. The van der Waals surface area contributed by atoms with Crippen molar-refractivity contribution in [1.29, 1.82) is 0 Å². The number of pyridine rings is 1. The van der Waals surface area contributed by atoms with Crippen LogP contribution in [0.4, 0.5) is 8.78 Å². The third kappa shape index (κ3) is 6.58. The highest BCUT2D eigenvalue weighted by atomic mass is 19.3. The van der Waals surface area contributed by atoms with Gasteiger partial charge in [0.1, 0.15) is 18.6 Å². The second-order valence-electron chi connectivity index (χ2n) is 8.43. The summed E-state index contributed by atoms with van der Waals surface area (Å²) in [6, 6.07) is 17.0. The molecule has 4 aromatic rings. The zero-order valence-corrected chi connectivity index (χ0v) is 20.7. The van der Waals surface area contributed by atoms with Crippen molar-refractivity contribution < 1.29 is 37.3 Å². The first kappa shape index (κ1) is 26.9. The summed E-state index contributed by atoms with van der Waals surface area (Å²) in [6.45, 7) is -1.15. The molecule has 2 heterocycles. The number of aromatic nitrogens is 2. The van der Waals surface area contributed by atoms with Gasteiger partial charge in [-0.3, -0.25) is 9.78 Å². The van der Waals surface area contributed by atoms with Gasteiger partial charge in [0.2, 0.25) is 5.89 Å². The topological polar surface area (TPSA) is 104 Å². The van der Waals surface area contributed by atoms with E-state index in [9.17, 15) is 18.7 Å². The van der Waals surface area contributed by atoms with Crippen LogP contribution in [0, 0.1) is 12.8 Å². The lowest BCUT2D eigenvalue weighted by molar-refractivity contribution is -0.101. The van der Waals surface area contributed by atoms with Crippen molar-refractivity contribution >= 4 is 5.78 Å². The van der Waals surface area contributed by atoms with E-state index in [0.29, 0.717) is 16.8 Å². The average Bonchev–Trinajstić information content (AvgIpc) is 3.39. The van der Waals surface area contributed by atoms with Gasteiger partial charge in [-0.2, -0.15) is 8.78 Å². The Bertz CT molecular complexity index is 1360. The third-order valence-electron chi connectivity index (χ3n) is 5.79. The highest BCUT2D eigenvalue weighted by molar-refractivity contribution is 5.97. The van der Waals surface area contributed by atoms with Crippen molar-refractivity contribution in [1.82, 2.24) is 9.97 Å². The number of aryl methyl sites for hydroxylation is 1. The van der Waals surface area contributed by atoms with Gasteiger partial charge < -0.3 is 23.7 Å². The lowest BCUT2D eigenvalue weighted by Gasteiger charge is -2.19. The van der Waals surface area contributed by atoms with E-state index >= 15 is 0 Å². The summed E-state index contributed by atoms with van der Waals surface area (Å²) in [5.74, 6) is -1.27. The Balaban J connectivity index is 1.57. The number of rotatable bonds is 12. The van der Waals surface area contributed by atoms with Gasteiger partial charge in [-0.15, -0.1) is 0 Å². The normalized spacial score (nSPS) is 12.8. The maximum atomic E-state index is 13.2. The number of aliphatic hydroxyl groups is 1. The monoisotopic (exact) mass is 524 g/mol. The van der Waals surface area contributed by atoms with Crippen LogP contribution in [0.25, 0.3) is 11.5 Å². The molecule has 8 nitrogen and oxygen atoms in total. The molecule has 0 saturated heterocycles. The minimum atomic E-state index is -3.03. The smallest absolute Gasteiger partial charge is 0.387 e. The van der Waals surface area contributed by atoms with Crippen LogP contribution in [0.5, 0.6) is 11.5 Å². The molecule has 1 N–H and O–H groups in total. The van der Waals surface area contributed by atoms with Crippen molar-refractivity contribution in [3.63, 3.8) is 0 Å². The molecule has 0 aliphatic heterocycles. The number of halogens is 2. The van der Waals surface area contributed by atoms with Crippen LogP contribution in [0.2, 0.25) is 0 Å². The Hall–Kier alpha value is -4.15. The number of alkyl halides is 2. The van der Waals surface area contributed by atoms with Crippen LogP contribution in [0.3, 0.4) is 0 Å². The van der Waals surface area contributed by atoms with E-state index in [-0.39, 0.29) is 36.1 Å². The van der Waals surface area contributed by atoms with Gasteiger partial charge in [0, 0.05) is 25.3 Å². The molecule has 38 heavy (non-hydrogen) atoms. The number of methoxy groups -OCH3 is 1. The lowest BCUT2D eigenvalue weighted by Crippen LogP contribution is -2.32. The molecule has 2 unspecified atom stereocenters. The van der Waals surface area contributed by atoms with Crippen LogP contribution < -0.4 is 9.47 Å². The number of Topliss-reactive ketones (excluding diaryl/α,β-unsaturated/α-hetero) is 1. The van der Waals surface area contributed by atoms with Crippen molar-refractivity contribution in [2.45, 2.75) is 32.9 Å². The maximum absolute atomic E-state index is 13.2. The number of aliphatic hydroxyl groups excluding tert-OH is 1. The summed E-state index contributed by atoms with van der Waals surface area (Å²) in [7, 11) is 1.30. The predicted molar refractivity (Wildman–Crippen MR) is 133 cm³/mol. The minimum Gasteiger partial charge on any atom is -0.485 e. The number of nitrogens with zero attached hydrogens (tertiary/aromatic N) is 2. The van der Waals surface area contributed by atoms with Crippen LogP contribution in [0.1, 0.15) is 27.3 Å². The molecule has 0 bridgehead atoms. The third-order valence-corrected chi connectivity index (χ3v) is 5.79. The second kappa shape index (κ2) is 12.4. The molecule has 4 rings (SSSR count). The van der Waals surface area contributed by atoms with Crippen molar-refractivity contribution in [2.24, 2.45) is 5.92 Å². The van der Waals surface area contributed by atoms with Gasteiger partial charge in [-0.05, 0) is 42.3 Å². The molecule has 2 aromatic heterocycles. The van der Waals surface area contributed by atoms with Crippen molar-refractivity contribution in [2.75, 3.05) is 7.11 Å². The molecular formula is C28H26F2N2O6. The fourth-order valence-corrected chi connectivity index (χ4v) is 3.85. The van der Waals surface area contributed by atoms with Crippen LogP contribution in [0.15, 0.2) is 77.5 Å². The first-order valence-corrected chi connectivity index (χ1v) is 11.7. The van der Waals surface area contributed by atoms with Crippen LogP contribution in [-0.4, -0.2) is 40.9 Å². The number of benzene rings is 2. The molecule has 2 aromatic carbocycles. The fourth-order valence-electron chi connectivity index (χ4n) is 3.85. The van der Waals surface area contributed by atoms with E-state index in [1.807, 2.05) is 30.3 Å². The van der Waals surface area contributed by atoms with Crippen LogP contribution >= 0.6 is 0 Å². The van der Waals surface area contributed by atoms with Gasteiger partial charge in [-0.1, -0.05) is 36.4 Å². The minimum absolute atomic E-state index is 0.0112. The number of carbonyl (C=O) groups excluding carboxylic acids is 1. The molecule has 198 valence electrons. The number of oxazole rings is 1. The van der Waals surface area contributed by atoms with Gasteiger partial charge in [-0.25, -0.2) is 4.98 Å². The summed E-state index contributed by atoms with van der Waals surface area (Å²) < 4.78 is 46.9. The number of carbonyl (C=O) groups is 1. The van der Waals surface area contributed by atoms with Gasteiger partial charge >= 0.3 is 6.61 Å². The number of hydrogen-bond donors (Lipinski definition) is 1. The Labute approximate surface area is 217 Å². The average molecular weight is 525 g/mol. The number of hydrogen-bond acceptors (Lipinski definition) is 8. The van der Waals surface area contributed by atoms with Crippen molar-refractivity contribution in [3.8, 4) is 23.0 Å². The van der Waals surface area contributed by atoms with E-state index in [1.165, 1.54) is 37.8 Å². The molecule has 10 heteroatoms. The quantitative estimate of drug-likeness (QED) is 0.198. The van der Waals surface area contributed by atoms with E-state index < -0.39 is 24.6 Å². The van der Waals surface area contributed by atoms with Gasteiger partial charge in [0.25, 0.3) is 0 Å². The lowest BCUT2D eigenvalue weighted by atomic mass is 9.93. The van der Waals surface area contributed by atoms with Gasteiger partial charge in [0.05, 0.1) is 11.6 Å².